The minimum Gasteiger partial charge on any atom is -0.480 e. The molecule has 0 radical (unpaired) electrons. The molecule has 18 heavy (non-hydrogen) atoms. The second-order valence-electron chi connectivity index (χ2n) is 4.13. The Bertz CT molecular complexity index is 534. The summed E-state index contributed by atoms with van der Waals surface area (Å²) in [6.45, 7) is 3.30. The molecule has 0 saturated heterocycles. The standard InChI is InChI=1S/C11H12N2O3S2/c1-11(2,10(14)15)18-6-8-12-9(13-16-8)7-3-4-17-5-7/h3-5H,6H2,1-2H3,(H,14,15). The molecule has 2 aromatic heterocycles. The Morgan fingerprint density at radius 1 is 1.61 bits per heavy atom. The third kappa shape index (κ3) is 2.91. The molecule has 0 saturated carbocycles. The van der Waals surface area contributed by atoms with Gasteiger partial charge in [0.1, 0.15) is 4.75 Å². The van der Waals surface area contributed by atoms with Crippen molar-refractivity contribution in [3.8, 4) is 11.4 Å². The normalized spacial score (nSPS) is 11.7. The summed E-state index contributed by atoms with van der Waals surface area (Å²) in [5, 5.41) is 16.7. The molecule has 2 heterocycles. The molecule has 0 bridgehead atoms. The number of hydrogen-bond donors (Lipinski definition) is 1. The van der Waals surface area contributed by atoms with Gasteiger partial charge in [-0.1, -0.05) is 5.16 Å². The predicted octanol–water partition coefficient (Wildman–Crippen LogP) is 2.89. The fourth-order valence-corrected chi connectivity index (χ4v) is 2.49. The summed E-state index contributed by atoms with van der Waals surface area (Å²) < 4.78 is 4.23. The van der Waals surface area contributed by atoms with Crippen LogP contribution in [0, 0.1) is 0 Å². The van der Waals surface area contributed by atoms with Crippen LogP contribution in [0.3, 0.4) is 0 Å². The van der Waals surface area contributed by atoms with Crippen molar-refractivity contribution >= 4 is 29.1 Å². The van der Waals surface area contributed by atoms with Crippen molar-refractivity contribution in [3.05, 3.63) is 22.7 Å². The first-order valence-corrected chi connectivity index (χ1v) is 7.14. The van der Waals surface area contributed by atoms with E-state index >= 15 is 0 Å². The topological polar surface area (TPSA) is 76.2 Å². The van der Waals surface area contributed by atoms with E-state index in [-0.39, 0.29) is 0 Å². The van der Waals surface area contributed by atoms with Crippen molar-refractivity contribution in [2.24, 2.45) is 0 Å². The van der Waals surface area contributed by atoms with Crippen LogP contribution in [0.4, 0.5) is 0 Å². The first-order valence-electron chi connectivity index (χ1n) is 5.21. The van der Waals surface area contributed by atoms with Gasteiger partial charge in [-0.3, -0.25) is 4.79 Å². The minimum absolute atomic E-state index is 0.385. The van der Waals surface area contributed by atoms with Gasteiger partial charge < -0.3 is 9.63 Å². The van der Waals surface area contributed by atoms with Gasteiger partial charge in [0.2, 0.25) is 11.7 Å². The highest BCUT2D eigenvalue weighted by Crippen LogP contribution is 2.28. The first kappa shape index (κ1) is 13.1. The molecule has 0 aliphatic carbocycles. The highest BCUT2D eigenvalue weighted by molar-refractivity contribution is 8.00. The fraction of sp³-hybridized carbons (Fsp3) is 0.364. The van der Waals surface area contributed by atoms with Crippen molar-refractivity contribution in [1.82, 2.24) is 10.1 Å². The molecule has 0 atom stereocenters. The zero-order valence-electron chi connectivity index (χ0n) is 9.91. The molecule has 0 amide bonds. The van der Waals surface area contributed by atoms with Crippen molar-refractivity contribution in [2.45, 2.75) is 24.3 Å². The molecule has 0 fully saturated rings. The minimum atomic E-state index is -0.864. The van der Waals surface area contributed by atoms with Crippen LogP contribution >= 0.6 is 23.1 Å². The molecule has 1 N–H and O–H groups in total. The van der Waals surface area contributed by atoms with E-state index in [4.69, 9.17) is 9.63 Å². The van der Waals surface area contributed by atoms with Crippen LogP contribution in [0.15, 0.2) is 21.3 Å². The summed E-state index contributed by atoms with van der Waals surface area (Å²) in [5.74, 6) is 0.511. The van der Waals surface area contributed by atoms with E-state index in [0.29, 0.717) is 17.5 Å². The maximum atomic E-state index is 10.9. The third-order valence-electron chi connectivity index (χ3n) is 2.32. The van der Waals surface area contributed by atoms with Crippen LogP contribution in [-0.2, 0) is 10.5 Å². The van der Waals surface area contributed by atoms with Gasteiger partial charge in [-0.25, -0.2) is 0 Å². The van der Waals surface area contributed by atoms with Crippen molar-refractivity contribution in [1.29, 1.82) is 0 Å². The molecule has 0 spiro atoms. The van der Waals surface area contributed by atoms with Crippen LogP contribution in [0.5, 0.6) is 0 Å². The van der Waals surface area contributed by atoms with Crippen LogP contribution in [0.25, 0.3) is 11.4 Å². The lowest BCUT2D eigenvalue weighted by atomic mass is 10.2. The summed E-state index contributed by atoms with van der Waals surface area (Å²) in [7, 11) is 0. The summed E-state index contributed by atoms with van der Waals surface area (Å²) >= 11 is 2.82. The van der Waals surface area contributed by atoms with Gasteiger partial charge in [-0.2, -0.15) is 16.3 Å². The van der Waals surface area contributed by atoms with Gasteiger partial charge in [0.25, 0.3) is 0 Å². The zero-order valence-corrected chi connectivity index (χ0v) is 11.5. The van der Waals surface area contributed by atoms with E-state index in [1.807, 2.05) is 16.8 Å². The molecule has 2 rings (SSSR count). The monoisotopic (exact) mass is 284 g/mol. The number of thioether (sulfide) groups is 1. The van der Waals surface area contributed by atoms with E-state index in [2.05, 4.69) is 10.1 Å². The summed E-state index contributed by atoms with van der Waals surface area (Å²) in [5.41, 5.74) is 0.914. The first-order chi connectivity index (χ1) is 8.49. The molecular formula is C11H12N2O3S2. The number of carboxylic acids is 1. The largest absolute Gasteiger partial charge is 0.480 e. The van der Waals surface area contributed by atoms with E-state index in [0.717, 1.165) is 5.56 Å². The SMILES string of the molecule is CC(C)(SCc1nc(-c2ccsc2)no1)C(=O)O. The third-order valence-corrected chi connectivity index (χ3v) is 4.29. The van der Waals surface area contributed by atoms with Gasteiger partial charge in [-0.15, -0.1) is 11.8 Å². The van der Waals surface area contributed by atoms with Crippen LogP contribution in [0.1, 0.15) is 19.7 Å². The van der Waals surface area contributed by atoms with Gasteiger partial charge >= 0.3 is 5.97 Å². The number of rotatable bonds is 5. The zero-order chi connectivity index (χ0) is 13.2. The highest BCUT2D eigenvalue weighted by Gasteiger charge is 2.28. The van der Waals surface area contributed by atoms with Gasteiger partial charge in [-0.05, 0) is 25.3 Å². The van der Waals surface area contributed by atoms with Gasteiger partial charge in [0.15, 0.2) is 0 Å². The quantitative estimate of drug-likeness (QED) is 0.909. The Morgan fingerprint density at radius 2 is 2.39 bits per heavy atom. The molecular weight excluding hydrogens is 272 g/mol. The number of thiophene rings is 1. The summed E-state index contributed by atoms with van der Waals surface area (Å²) in [4.78, 5) is 15.2. The van der Waals surface area contributed by atoms with E-state index in [9.17, 15) is 4.79 Å². The number of hydrogen-bond acceptors (Lipinski definition) is 6. The number of carbonyl (C=O) groups is 1. The van der Waals surface area contributed by atoms with E-state index < -0.39 is 10.7 Å². The Hall–Kier alpha value is -1.34. The molecule has 96 valence electrons. The van der Waals surface area contributed by atoms with Crippen molar-refractivity contribution < 1.29 is 14.4 Å². The summed E-state index contributed by atoms with van der Waals surface area (Å²) in [6, 6.07) is 1.91. The molecule has 0 unspecified atom stereocenters. The molecule has 0 aromatic carbocycles. The second-order valence-corrected chi connectivity index (χ2v) is 6.51. The van der Waals surface area contributed by atoms with Gasteiger partial charge in [0, 0.05) is 10.9 Å². The van der Waals surface area contributed by atoms with Crippen LogP contribution in [-0.4, -0.2) is 26.0 Å². The van der Waals surface area contributed by atoms with Crippen LogP contribution in [0.2, 0.25) is 0 Å². The van der Waals surface area contributed by atoms with Crippen molar-refractivity contribution in [2.75, 3.05) is 0 Å². The van der Waals surface area contributed by atoms with Crippen molar-refractivity contribution in [3.63, 3.8) is 0 Å². The molecule has 7 heteroatoms. The maximum absolute atomic E-state index is 10.9. The average molecular weight is 284 g/mol. The van der Waals surface area contributed by atoms with E-state index in [1.54, 1.807) is 25.2 Å². The molecule has 5 nitrogen and oxygen atoms in total. The van der Waals surface area contributed by atoms with Crippen LogP contribution < -0.4 is 0 Å². The average Bonchev–Trinajstić information content (AvgIpc) is 2.97. The molecule has 2 aromatic rings. The predicted molar refractivity (Wildman–Crippen MR) is 70.6 cm³/mol. The Balaban J connectivity index is 2.02. The number of aliphatic carboxylic acids is 1. The Morgan fingerprint density at radius 3 is 3.00 bits per heavy atom. The lowest BCUT2D eigenvalue weighted by molar-refractivity contribution is -0.138. The lowest BCUT2D eigenvalue weighted by Gasteiger charge is -2.16. The Kier molecular flexibility index (Phi) is 3.72. The molecule has 0 aliphatic rings. The number of carboxylic acid groups (broad SMARTS) is 1. The smallest absolute Gasteiger partial charge is 0.319 e. The Labute approximate surface area is 112 Å². The maximum Gasteiger partial charge on any atom is 0.319 e. The fourth-order valence-electron chi connectivity index (χ4n) is 1.13. The highest BCUT2D eigenvalue weighted by atomic mass is 32.2. The van der Waals surface area contributed by atoms with E-state index in [1.165, 1.54) is 11.8 Å². The van der Waals surface area contributed by atoms with Gasteiger partial charge in [0.05, 0.1) is 5.75 Å². The number of nitrogens with zero attached hydrogens (tertiary/aromatic N) is 2. The number of aromatic nitrogens is 2. The summed E-state index contributed by atoms with van der Waals surface area (Å²) in [6.07, 6.45) is 0. The lowest BCUT2D eigenvalue weighted by Crippen LogP contribution is -2.27. The second kappa shape index (κ2) is 5.11. The molecule has 0 aliphatic heterocycles.